The topological polar surface area (TPSA) is 45.2 Å². The van der Waals surface area contributed by atoms with Gasteiger partial charge in [0.15, 0.2) is 5.78 Å². The number of carbonyl (C=O) groups is 1. The van der Waals surface area contributed by atoms with Crippen LogP contribution in [0.25, 0.3) is 0 Å². The minimum atomic E-state index is 0.0861. The van der Waals surface area contributed by atoms with Crippen LogP contribution in [0.1, 0.15) is 23.2 Å². The first kappa shape index (κ1) is 11.1. The zero-order chi connectivity index (χ0) is 11.4. The summed E-state index contributed by atoms with van der Waals surface area (Å²) in [5, 5.41) is 2.85. The maximum atomic E-state index is 11.6. The minimum Gasteiger partial charge on any atom is -0.357 e. The van der Waals surface area contributed by atoms with E-state index in [2.05, 4.69) is 15.2 Å². The van der Waals surface area contributed by atoms with Crippen molar-refractivity contribution in [3.05, 3.63) is 23.9 Å². The molecule has 0 bridgehead atoms. The zero-order valence-corrected chi connectivity index (χ0v) is 9.57. The molecule has 0 spiro atoms. The number of Topliss-reactive ketones (excluding diaryl/α,β-unsaturated/α-hetero) is 1. The van der Waals surface area contributed by atoms with Gasteiger partial charge < -0.3 is 10.2 Å². The average Bonchev–Trinajstić information content (AvgIpc) is 2.83. The van der Waals surface area contributed by atoms with Crippen LogP contribution in [0, 0.1) is 0 Å². The molecular formula is C12H17N3O. The van der Waals surface area contributed by atoms with Gasteiger partial charge in [0.1, 0.15) is 5.82 Å². The number of hydrogen-bond donors (Lipinski definition) is 1. The molecule has 0 saturated carbocycles. The van der Waals surface area contributed by atoms with Crippen molar-refractivity contribution in [3.63, 3.8) is 0 Å². The van der Waals surface area contributed by atoms with Crippen molar-refractivity contribution < 1.29 is 4.79 Å². The molecule has 0 unspecified atom stereocenters. The highest BCUT2D eigenvalue weighted by atomic mass is 16.1. The van der Waals surface area contributed by atoms with E-state index in [0.717, 1.165) is 18.9 Å². The average molecular weight is 219 g/mol. The summed E-state index contributed by atoms with van der Waals surface area (Å²) in [6, 6.07) is 3.80. The number of pyridine rings is 1. The molecule has 86 valence electrons. The van der Waals surface area contributed by atoms with Crippen LogP contribution < -0.4 is 10.2 Å². The smallest absolute Gasteiger partial charge is 0.178 e. The second-order valence-electron chi connectivity index (χ2n) is 4.05. The molecule has 0 aromatic carbocycles. The van der Waals surface area contributed by atoms with Crippen molar-refractivity contribution in [2.75, 3.05) is 31.6 Å². The van der Waals surface area contributed by atoms with E-state index in [1.807, 2.05) is 12.1 Å². The van der Waals surface area contributed by atoms with Crippen molar-refractivity contribution >= 4 is 11.6 Å². The van der Waals surface area contributed by atoms with Crippen LogP contribution in [0.5, 0.6) is 0 Å². The number of anilines is 1. The number of rotatable bonds is 4. The van der Waals surface area contributed by atoms with Crippen LogP contribution in [0.15, 0.2) is 18.3 Å². The lowest BCUT2D eigenvalue weighted by atomic mass is 10.2. The molecule has 1 aromatic heterocycles. The van der Waals surface area contributed by atoms with Crippen molar-refractivity contribution in [1.82, 2.24) is 10.3 Å². The standard InChI is InChI=1S/C12H17N3O/c1-13-9-11(16)10-4-5-12(14-8-10)15-6-2-3-7-15/h4-5,8,13H,2-3,6-7,9H2,1H3. The molecule has 1 fully saturated rings. The predicted molar refractivity (Wildman–Crippen MR) is 63.9 cm³/mol. The van der Waals surface area contributed by atoms with Crippen molar-refractivity contribution in [2.24, 2.45) is 0 Å². The van der Waals surface area contributed by atoms with Gasteiger partial charge in [0, 0.05) is 24.8 Å². The Morgan fingerprint density at radius 3 is 2.75 bits per heavy atom. The molecule has 1 saturated heterocycles. The normalized spacial score (nSPS) is 15.4. The van der Waals surface area contributed by atoms with Gasteiger partial charge in [-0.15, -0.1) is 0 Å². The largest absolute Gasteiger partial charge is 0.357 e. The number of nitrogens with one attached hydrogen (secondary N) is 1. The molecule has 4 heteroatoms. The molecule has 1 aliphatic rings. The molecule has 0 amide bonds. The van der Waals surface area contributed by atoms with Gasteiger partial charge in [-0.05, 0) is 32.0 Å². The third kappa shape index (κ3) is 2.39. The summed E-state index contributed by atoms with van der Waals surface area (Å²) in [6.45, 7) is 2.53. The lowest BCUT2D eigenvalue weighted by Crippen LogP contribution is -2.21. The van der Waals surface area contributed by atoms with Crippen LogP contribution in [0.3, 0.4) is 0 Å². The third-order valence-corrected chi connectivity index (χ3v) is 2.84. The zero-order valence-electron chi connectivity index (χ0n) is 9.57. The van der Waals surface area contributed by atoms with Crippen molar-refractivity contribution in [1.29, 1.82) is 0 Å². The van der Waals surface area contributed by atoms with Crippen LogP contribution in [-0.2, 0) is 0 Å². The number of aromatic nitrogens is 1. The monoisotopic (exact) mass is 219 g/mol. The van der Waals surface area contributed by atoms with Crippen LogP contribution in [-0.4, -0.2) is 37.4 Å². The SMILES string of the molecule is CNCC(=O)c1ccc(N2CCCC2)nc1. The second-order valence-corrected chi connectivity index (χ2v) is 4.05. The molecule has 1 N–H and O–H groups in total. The number of nitrogens with zero attached hydrogens (tertiary/aromatic N) is 2. The Bertz CT molecular complexity index is 355. The fourth-order valence-electron chi connectivity index (χ4n) is 1.95. The molecule has 2 rings (SSSR count). The first-order valence-corrected chi connectivity index (χ1v) is 5.70. The molecule has 1 aromatic rings. The van der Waals surface area contributed by atoms with E-state index in [1.165, 1.54) is 12.8 Å². The van der Waals surface area contributed by atoms with Gasteiger partial charge in [-0.25, -0.2) is 4.98 Å². The summed E-state index contributed by atoms with van der Waals surface area (Å²) in [5.74, 6) is 1.07. The molecular weight excluding hydrogens is 202 g/mol. The fourth-order valence-corrected chi connectivity index (χ4v) is 1.95. The van der Waals surface area contributed by atoms with Crippen molar-refractivity contribution in [3.8, 4) is 0 Å². The predicted octanol–water partition coefficient (Wildman–Crippen LogP) is 1.08. The number of carbonyl (C=O) groups excluding carboxylic acids is 1. The Morgan fingerprint density at radius 2 is 2.19 bits per heavy atom. The van der Waals surface area contributed by atoms with Crippen molar-refractivity contribution in [2.45, 2.75) is 12.8 Å². The summed E-state index contributed by atoms with van der Waals surface area (Å²) >= 11 is 0. The van der Waals surface area contributed by atoms with E-state index in [4.69, 9.17) is 0 Å². The highest BCUT2D eigenvalue weighted by molar-refractivity contribution is 5.97. The maximum Gasteiger partial charge on any atom is 0.178 e. The highest BCUT2D eigenvalue weighted by Crippen LogP contribution is 2.17. The summed E-state index contributed by atoms with van der Waals surface area (Å²) in [6.07, 6.45) is 4.15. The molecule has 0 atom stereocenters. The van der Waals surface area contributed by atoms with Gasteiger partial charge in [0.25, 0.3) is 0 Å². The van der Waals surface area contributed by atoms with E-state index < -0.39 is 0 Å². The van der Waals surface area contributed by atoms with E-state index in [0.29, 0.717) is 12.1 Å². The Kier molecular flexibility index (Phi) is 3.51. The number of likely N-dealkylation sites (N-methyl/N-ethyl adjacent to an activating group) is 1. The van der Waals surface area contributed by atoms with Gasteiger partial charge in [-0.3, -0.25) is 4.79 Å². The van der Waals surface area contributed by atoms with Gasteiger partial charge in [0.05, 0.1) is 6.54 Å². The van der Waals surface area contributed by atoms with Gasteiger partial charge in [0.2, 0.25) is 0 Å². The molecule has 2 heterocycles. The Balaban J connectivity index is 2.06. The first-order chi connectivity index (χ1) is 7.81. The molecule has 16 heavy (non-hydrogen) atoms. The molecule has 1 aliphatic heterocycles. The quantitative estimate of drug-likeness (QED) is 0.770. The third-order valence-electron chi connectivity index (χ3n) is 2.84. The minimum absolute atomic E-state index is 0.0861. The summed E-state index contributed by atoms with van der Waals surface area (Å²) < 4.78 is 0. The van der Waals surface area contributed by atoms with Gasteiger partial charge >= 0.3 is 0 Å². The summed E-state index contributed by atoms with van der Waals surface area (Å²) in [7, 11) is 1.77. The lowest BCUT2D eigenvalue weighted by Gasteiger charge is -2.15. The lowest BCUT2D eigenvalue weighted by molar-refractivity contribution is 0.0993. The van der Waals surface area contributed by atoms with Crippen LogP contribution in [0.2, 0.25) is 0 Å². The van der Waals surface area contributed by atoms with Gasteiger partial charge in [-0.1, -0.05) is 0 Å². The van der Waals surface area contributed by atoms with Crippen LogP contribution in [0.4, 0.5) is 5.82 Å². The molecule has 0 aliphatic carbocycles. The highest BCUT2D eigenvalue weighted by Gasteiger charge is 2.13. The van der Waals surface area contributed by atoms with E-state index in [-0.39, 0.29) is 5.78 Å². The summed E-state index contributed by atoms with van der Waals surface area (Å²) in [4.78, 5) is 18.2. The molecule has 4 nitrogen and oxygen atoms in total. The Hall–Kier alpha value is -1.42. The van der Waals surface area contributed by atoms with E-state index in [1.54, 1.807) is 13.2 Å². The van der Waals surface area contributed by atoms with E-state index in [9.17, 15) is 4.79 Å². The Morgan fingerprint density at radius 1 is 1.44 bits per heavy atom. The number of hydrogen-bond acceptors (Lipinski definition) is 4. The second kappa shape index (κ2) is 5.07. The Labute approximate surface area is 95.7 Å². The number of ketones is 1. The van der Waals surface area contributed by atoms with Gasteiger partial charge in [-0.2, -0.15) is 0 Å². The maximum absolute atomic E-state index is 11.6. The van der Waals surface area contributed by atoms with Crippen LogP contribution >= 0.6 is 0 Å². The van der Waals surface area contributed by atoms with E-state index >= 15 is 0 Å². The fraction of sp³-hybridized carbons (Fsp3) is 0.500. The first-order valence-electron chi connectivity index (χ1n) is 5.70. The molecule has 0 radical (unpaired) electrons. The summed E-state index contributed by atoms with van der Waals surface area (Å²) in [5.41, 5.74) is 0.678.